The molecule has 186 valence electrons. The Bertz CT molecular complexity index is 1360. The van der Waals surface area contributed by atoms with E-state index in [1.807, 2.05) is 49.4 Å². The summed E-state index contributed by atoms with van der Waals surface area (Å²) in [4.78, 5) is 19.8. The van der Waals surface area contributed by atoms with Gasteiger partial charge in [0.05, 0.1) is 23.9 Å². The van der Waals surface area contributed by atoms with Gasteiger partial charge in [-0.3, -0.25) is 14.5 Å². The highest BCUT2D eigenvalue weighted by Gasteiger charge is 2.18. The van der Waals surface area contributed by atoms with Crippen LogP contribution in [0.2, 0.25) is 0 Å². The standard InChI is InChI=1S/C29H33N5O2/c1-20-25-9-7-24(18-27(25)34(32-20)16-12-21-10-14-33(2)15-11-21)31-29(35)26-8-6-22(17-28(26)36-3)23-5-4-13-30-19-23/h4-9,13,17-19,21H,10-12,14-16H2,1-3H3,(H,31,35). The molecule has 0 atom stereocenters. The SMILES string of the molecule is COc1cc(-c2cccnc2)ccc1C(=O)Nc1ccc2c(C)nn(CCC3CCN(C)CC3)c2c1. The van der Waals surface area contributed by atoms with Gasteiger partial charge in [-0.05, 0) is 94.2 Å². The Morgan fingerprint density at radius 1 is 1.11 bits per heavy atom. The van der Waals surface area contributed by atoms with Crippen molar-refractivity contribution in [1.29, 1.82) is 0 Å². The van der Waals surface area contributed by atoms with E-state index in [1.54, 1.807) is 25.6 Å². The van der Waals surface area contributed by atoms with Crippen LogP contribution in [-0.4, -0.2) is 52.8 Å². The molecule has 1 aliphatic rings. The first-order chi connectivity index (χ1) is 17.5. The highest BCUT2D eigenvalue weighted by atomic mass is 16.5. The van der Waals surface area contributed by atoms with Crippen LogP contribution in [0, 0.1) is 12.8 Å². The number of likely N-dealkylation sites (tertiary alicyclic amines) is 1. The summed E-state index contributed by atoms with van der Waals surface area (Å²) in [6.45, 7) is 5.28. The van der Waals surface area contributed by atoms with E-state index in [-0.39, 0.29) is 5.91 Å². The van der Waals surface area contributed by atoms with Gasteiger partial charge in [0.2, 0.25) is 0 Å². The molecule has 0 spiro atoms. The summed E-state index contributed by atoms with van der Waals surface area (Å²) >= 11 is 0. The second kappa shape index (κ2) is 10.5. The molecule has 36 heavy (non-hydrogen) atoms. The number of hydrogen-bond donors (Lipinski definition) is 1. The van der Waals surface area contributed by atoms with Crippen LogP contribution in [0.3, 0.4) is 0 Å². The fraction of sp³-hybridized carbons (Fsp3) is 0.345. The van der Waals surface area contributed by atoms with E-state index < -0.39 is 0 Å². The van der Waals surface area contributed by atoms with Gasteiger partial charge in [0.25, 0.3) is 5.91 Å². The van der Waals surface area contributed by atoms with Gasteiger partial charge in [0.1, 0.15) is 5.75 Å². The first-order valence-electron chi connectivity index (χ1n) is 12.6. The lowest BCUT2D eigenvalue weighted by Gasteiger charge is -2.28. The minimum absolute atomic E-state index is 0.210. The maximum Gasteiger partial charge on any atom is 0.259 e. The highest BCUT2D eigenvalue weighted by molar-refractivity contribution is 6.07. The van der Waals surface area contributed by atoms with Crippen molar-refractivity contribution in [3.05, 3.63) is 72.2 Å². The predicted molar refractivity (Wildman–Crippen MR) is 143 cm³/mol. The number of pyridine rings is 1. The van der Waals surface area contributed by atoms with Gasteiger partial charge in [-0.1, -0.05) is 12.1 Å². The molecule has 7 nitrogen and oxygen atoms in total. The molecular weight excluding hydrogens is 450 g/mol. The van der Waals surface area contributed by atoms with Crippen LogP contribution in [0.4, 0.5) is 5.69 Å². The number of aryl methyl sites for hydroxylation is 2. The van der Waals surface area contributed by atoms with Crippen LogP contribution in [0.5, 0.6) is 5.75 Å². The van der Waals surface area contributed by atoms with Crippen LogP contribution in [0.1, 0.15) is 35.3 Å². The fourth-order valence-electron chi connectivity index (χ4n) is 5.03. The van der Waals surface area contributed by atoms with Crippen molar-refractivity contribution in [3.63, 3.8) is 0 Å². The summed E-state index contributed by atoms with van der Waals surface area (Å²) in [5, 5.41) is 8.98. The van der Waals surface area contributed by atoms with E-state index >= 15 is 0 Å². The lowest BCUT2D eigenvalue weighted by molar-refractivity contribution is 0.102. The van der Waals surface area contributed by atoms with E-state index in [0.717, 1.165) is 52.3 Å². The predicted octanol–water partition coefficient (Wildman–Crippen LogP) is 5.40. The Morgan fingerprint density at radius 3 is 2.69 bits per heavy atom. The number of benzene rings is 2. The molecule has 1 aliphatic heterocycles. The summed E-state index contributed by atoms with van der Waals surface area (Å²) in [5.74, 6) is 1.05. The Morgan fingerprint density at radius 2 is 1.94 bits per heavy atom. The van der Waals surface area contributed by atoms with Crippen molar-refractivity contribution in [2.75, 3.05) is 32.6 Å². The van der Waals surface area contributed by atoms with Gasteiger partial charge in [0.15, 0.2) is 0 Å². The van der Waals surface area contributed by atoms with Crippen LogP contribution >= 0.6 is 0 Å². The summed E-state index contributed by atoms with van der Waals surface area (Å²) in [6.07, 6.45) is 7.15. The topological polar surface area (TPSA) is 72.3 Å². The first-order valence-corrected chi connectivity index (χ1v) is 12.6. The van der Waals surface area contributed by atoms with E-state index in [0.29, 0.717) is 11.3 Å². The summed E-state index contributed by atoms with van der Waals surface area (Å²) in [7, 11) is 3.78. The van der Waals surface area contributed by atoms with Crippen LogP contribution in [0.25, 0.3) is 22.0 Å². The zero-order valence-corrected chi connectivity index (χ0v) is 21.2. The Kier molecular flexibility index (Phi) is 7.00. The smallest absolute Gasteiger partial charge is 0.259 e. The number of methoxy groups -OCH3 is 1. The zero-order chi connectivity index (χ0) is 25.1. The third-order valence-corrected chi connectivity index (χ3v) is 7.22. The van der Waals surface area contributed by atoms with Crippen LogP contribution in [-0.2, 0) is 6.54 Å². The van der Waals surface area contributed by atoms with E-state index in [9.17, 15) is 4.79 Å². The molecule has 0 unspecified atom stereocenters. The Hall–Kier alpha value is -3.71. The number of nitrogens with zero attached hydrogens (tertiary/aromatic N) is 4. The third kappa shape index (κ3) is 5.11. The number of ether oxygens (including phenoxy) is 1. The molecule has 0 bridgehead atoms. The van der Waals surface area contributed by atoms with E-state index in [2.05, 4.69) is 26.9 Å². The molecule has 7 heteroatoms. The maximum atomic E-state index is 13.2. The van der Waals surface area contributed by atoms with Gasteiger partial charge < -0.3 is 15.0 Å². The molecule has 4 aromatic rings. The number of carbonyl (C=O) groups excluding carboxylic acids is 1. The molecule has 3 heterocycles. The molecule has 0 saturated carbocycles. The van der Waals surface area contributed by atoms with Crippen LogP contribution < -0.4 is 10.1 Å². The number of fused-ring (bicyclic) bond motifs is 1. The monoisotopic (exact) mass is 483 g/mol. The quantitative estimate of drug-likeness (QED) is 0.381. The minimum Gasteiger partial charge on any atom is -0.496 e. The van der Waals surface area contributed by atoms with Crippen molar-refractivity contribution >= 4 is 22.5 Å². The number of nitrogens with one attached hydrogen (secondary N) is 1. The van der Waals surface area contributed by atoms with Crippen molar-refractivity contribution in [1.82, 2.24) is 19.7 Å². The number of carbonyl (C=O) groups is 1. The highest BCUT2D eigenvalue weighted by Crippen LogP contribution is 2.29. The molecule has 5 rings (SSSR count). The fourth-order valence-corrected chi connectivity index (χ4v) is 5.03. The molecule has 2 aromatic carbocycles. The molecule has 2 aromatic heterocycles. The zero-order valence-electron chi connectivity index (χ0n) is 21.2. The van der Waals surface area contributed by atoms with E-state index in [1.165, 1.54) is 25.9 Å². The van der Waals surface area contributed by atoms with Gasteiger partial charge in [-0.15, -0.1) is 0 Å². The van der Waals surface area contributed by atoms with Crippen molar-refractivity contribution in [2.24, 2.45) is 5.92 Å². The Balaban J connectivity index is 1.34. The number of anilines is 1. The van der Waals surface area contributed by atoms with Crippen molar-refractivity contribution < 1.29 is 9.53 Å². The lowest BCUT2D eigenvalue weighted by atomic mass is 9.94. The number of hydrogen-bond acceptors (Lipinski definition) is 5. The normalized spacial score (nSPS) is 14.8. The molecule has 0 radical (unpaired) electrons. The molecule has 1 amide bonds. The maximum absolute atomic E-state index is 13.2. The van der Waals surface area contributed by atoms with E-state index in [4.69, 9.17) is 9.84 Å². The molecule has 1 fully saturated rings. The number of aromatic nitrogens is 3. The lowest BCUT2D eigenvalue weighted by Crippen LogP contribution is -2.30. The first kappa shape index (κ1) is 24.0. The van der Waals surface area contributed by atoms with Crippen molar-refractivity contribution in [3.8, 4) is 16.9 Å². The number of amides is 1. The summed E-state index contributed by atoms with van der Waals surface area (Å²) < 4.78 is 7.66. The second-order valence-electron chi connectivity index (χ2n) is 9.69. The second-order valence-corrected chi connectivity index (χ2v) is 9.69. The third-order valence-electron chi connectivity index (χ3n) is 7.22. The molecule has 0 aliphatic carbocycles. The molecular formula is C29H33N5O2. The van der Waals surface area contributed by atoms with Gasteiger partial charge in [-0.2, -0.15) is 5.10 Å². The van der Waals surface area contributed by atoms with Gasteiger partial charge in [-0.25, -0.2) is 0 Å². The molecule has 1 N–H and O–H groups in total. The summed E-state index contributed by atoms with van der Waals surface area (Å²) in [5.41, 5.74) is 5.21. The molecule has 1 saturated heterocycles. The van der Waals surface area contributed by atoms with Crippen molar-refractivity contribution in [2.45, 2.75) is 32.7 Å². The number of piperidine rings is 1. The summed E-state index contributed by atoms with van der Waals surface area (Å²) in [6, 6.07) is 15.5. The largest absolute Gasteiger partial charge is 0.496 e. The average Bonchev–Trinajstić information content (AvgIpc) is 3.23. The van der Waals surface area contributed by atoms with Crippen LogP contribution in [0.15, 0.2) is 60.9 Å². The minimum atomic E-state index is -0.210. The van der Waals surface area contributed by atoms with Gasteiger partial charge >= 0.3 is 0 Å². The average molecular weight is 484 g/mol. The van der Waals surface area contributed by atoms with Gasteiger partial charge in [0, 0.05) is 35.6 Å². The Labute approximate surface area is 212 Å². The number of rotatable bonds is 7.